The van der Waals surface area contributed by atoms with Gasteiger partial charge in [-0.05, 0) is 56.8 Å². The van der Waals surface area contributed by atoms with Crippen molar-refractivity contribution in [3.05, 3.63) is 12.4 Å². The molecule has 0 radical (unpaired) electrons. The molecule has 6 heteroatoms. The van der Waals surface area contributed by atoms with Crippen molar-refractivity contribution in [1.29, 1.82) is 0 Å². The second kappa shape index (κ2) is 4.46. The Morgan fingerprint density at radius 1 is 1.14 bits per heavy atom. The largest absolute Gasteiger partial charge is 0.336 e. The van der Waals surface area contributed by atoms with E-state index < -0.39 is 0 Å². The number of aromatic nitrogens is 3. The van der Waals surface area contributed by atoms with E-state index in [1.165, 1.54) is 32.1 Å². The van der Waals surface area contributed by atoms with Crippen molar-refractivity contribution in [2.45, 2.75) is 62.6 Å². The van der Waals surface area contributed by atoms with Crippen molar-refractivity contribution >= 4 is 6.03 Å². The lowest BCUT2D eigenvalue weighted by atomic mass is 9.64. The van der Waals surface area contributed by atoms with E-state index in [4.69, 9.17) is 0 Å². The van der Waals surface area contributed by atoms with Gasteiger partial charge in [-0.2, -0.15) is 0 Å². The molecule has 1 aromatic rings. The Bertz CT molecular complexity index is 551. The van der Waals surface area contributed by atoms with E-state index in [1.807, 2.05) is 10.9 Å². The molecular weight excluding hydrogens is 278 g/mol. The van der Waals surface area contributed by atoms with Gasteiger partial charge in [0, 0.05) is 24.8 Å². The zero-order chi connectivity index (χ0) is 14.7. The van der Waals surface area contributed by atoms with Crippen LogP contribution in [0.2, 0.25) is 0 Å². The summed E-state index contributed by atoms with van der Waals surface area (Å²) in [5, 5.41) is 11.2. The molecule has 0 spiro atoms. The molecule has 6 nitrogen and oxygen atoms in total. The molecule has 1 aromatic heterocycles. The van der Waals surface area contributed by atoms with Crippen LogP contribution in [-0.2, 0) is 5.54 Å². The lowest BCUT2D eigenvalue weighted by Gasteiger charge is -2.56. The number of rotatable bonds is 3. The number of urea groups is 1. The molecule has 0 unspecified atom stereocenters. The number of piperidine rings is 2. The van der Waals surface area contributed by atoms with Gasteiger partial charge in [0.15, 0.2) is 0 Å². The first kappa shape index (κ1) is 12.9. The van der Waals surface area contributed by atoms with Crippen molar-refractivity contribution in [2.75, 3.05) is 6.54 Å². The normalized spacial score (nSPS) is 37.4. The van der Waals surface area contributed by atoms with Crippen LogP contribution >= 0.6 is 0 Å². The number of hydrogen-bond donors (Lipinski definition) is 1. The first-order chi connectivity index (χ1) is 10.7. The second-order valence-electron chi connectivity index (χ2n) is 7.86. The second-order valence-corrected chi connectivity index (χ2v) is 7.86. The molecule has 2 amide bonds. The summed E-state index contributed by atoms with van der Waals surface area (Å²) in [5.41, 5.74) is -0.0147. The standard InChI is InChI=1S/C16H23N5O/c22-15(17-10-16(1-2-16)20-4-3-18-19-20)21-13-6-11-5-12(8-13)9-14(21)7-11/h3-4,11-14H,1-2,5-10H2,(H,17,22). The Hall–Kier alpha value is -1.59. The van der Waals surface area contributed by atoms with Gasteiger partial charge in [0.2, 0.25) is 0 Å². The average molecular weight is 301 g/mol. The Kier molecular flexibility index (Phi) is 2.62. The van der Waals surface area contributed by atoms with Crippen molar-refractivity contribution in [1.82, 2.24) is 25.2 Å². The van der Waals surface area contributed by atoms with Crippen LogP contribution in [0.3, 0.4) is 0 Å². The molecule has 0 aromatic carbocycles. The molecule has 2 aliphatic heterocycles. The summed E-state index contributed by atoms with van der Waals surface area (Å²) in [6.07, 6.45) is 12.1. The molecule has 118 valence electrons. The lowest BCUT2D eigenvalue weighted by Crippen LogP contribution is -2.62. The highest BCUT2D eigenvalue weighted by atomic mass is 16.2. The lowest BCUT2D eigenvalue weighted by molar-refractivity contribution is -0.0315. The molecule has 0 atom stereocenters. The first-order valence-electron chi connectivity index (χ1n) is 8.66. The number of nitrogens with one attached hydrogen (secondary N) is 1. The molecule has 4 bridgehead atoms. The van der Waals surface area contributed by atoms with Crippen molar-refractivity contribution in [2.24, 2.45) is 11.8 Å². The summed E-state index contributed by atoms with van der Waals surface area (Å²) in [6, 6.07) is 1.15. The van der Waals surface area contributed by atoms with E-state index in [0.717, 1.165) is 24.7 Å². The Balaban J connectivity index is 1.26. The Morgan fingerprint density at radius 2 is 1.82 bits per heavy atom. The summed E-state index contributed by atoms with van der Waals surface area (Å²) >= 11 is 0. The van der Waals surface area contributed by atoms with Crippen LogP contribution < -0.4 is 5.32 Å². The predicted octanol–water partition coefficient (Wildman–Crippen LogP) is 1.74. The molecule has 1 N–H and O–H groups in total. The van der Waals surface area contributed by atoms with Gasteiger partial charge < -0.3 is 10.2 Å². The van der Waals surface area contributed by atoms with Gasteiger partial charge in [-0.1, -0.05) is 5.21 Å². The molecule has 6 rings (SSSR count). The smallest absolute Gasteiger partial charge is 0.317 e. The quantitative estimate of drug-likeness (QED) is 0.925. The third-order valence-corrected chi connectivity index (χ3v) is 6.41. The SMILES string of the molecule is O=C(NCC1(n2ccnn2)CC1)N1C2CC3CC(C2)CC1C3. The fourth-order valence-electron chi connectivity index (χ4n) is 5.29. The van der Waals surface area contributed by atoms with E-state index in [1.54, 1.807) is 6.20 Å². The molecule has 2 saturated heterocycles. The maximum absolute atomic E-state index is 12.7. The van der Waals surface area contributed by atoms with Gasteiger partial charge in [-0.25, -0.2) is 9.48 Å². The highest BCUT2D eigenvalue weighted by Crippen LogP contribution is 2.49. The van der Waals surface area contributed by atoms with Crippen LogP contribution in [0.4, 0.5) is 4.79 Å². The first-order valence-corrected chi connectivity index (χ1v) is 8.66. The fourth-order valence-corrected chi connectivity index (χ4v) is 5.29. The van der Waals surface area contributed by atoms with Gasteiger partial charge >= 0.3 is 6.03 Å². The molecule has 3 heterocycles. The third-order valence-electron chi connectivity index (χ3n) is 6.41. The minimum Gasteiger partial charge on any atom is -0.336 e. The summed E-state index contributed by atoms with van der Waals surface area (Å²) in [6.45, 7) is 0.679. The molecular formula is C16H23N5O. The highest BCUT2D eigenvalue weighted by Gasteiger charge is 2.50. The van der Waals surface area contributed by atoms with E-state index in [-0.39, 0.29) is 11.6 Å². The minimum atomic E-state index is -0.0147. The van der Waals surface area contributed by atoms with Crippen LogP contribution in [0.15, 0.2) is 12.4 Å². The van der Waals surface area contributed by atoms with E-state index in [0.29, 0.717) is 18.6 Å². The number of nitrogens with zero attached hydrogens (tertiary/aromatic N) is 4. The molecule has 5 aliphatic rings. The average Bonchev–Trinajstić information content (AvgIpc) is 3.07. The molecule has 5 fully saturated rings. The molecule has 22 heavy (non-hydrogen) atoms. The van der Waals surface area contributed by atoms with E-state index >= 15 is 0 Å². The molecule has 3 saturated carbocycles. The van der Waals surface area contributed by atoms with Crippen molar-refractivity contribution in [3.63, 3.8) is 0 Å². The monoisotopic (exact) mass is 301 g/mol. The van der Waals surface area contributed by atoms with Crippen LogP contribution in [-0.4, -0.2) is 44.6 Å². The summed E-state index contributed by atoms with van der Waals surface area (Å²) in [7, 11) is 0. The van der Waals surface area contributed by atoms with Crippen molar-refractivity contribution in [3.8, 4) is 0 Å². The van der Waals surface area contributed by atoms with Crippen LogP contribution in [0.25, 0.3) is 0 Å². The van der Waals surface area contributed by atoms with Gasteiger partial charge in [0.1, 0.15) is 0 Å². The van der Waals surface area contributed by atoms with Gasteiger partial charge in [0.05, 0.1) is 11.7 Å². The summed E-state index contributed by atoms with van der Waals surface area (Å²) < 4.78 is 1.92. The summed E-state index contributed by atoms with van der Waals surface area (Å²) in [4.78, 5) is 14.9. The van der Waals surface area contributed by atoms with Gasteiger partial charge in [0.25, 0.3) is 0 Å². The maximum atomic E-state index is 12.7. The highest BCUT2D eigenvalue weighted by molar-refractivity contribution is 5.75. The maximum Gasteiger partial charge on any atom is 0.317 e. The Labute approximate surface area is 130 Å². The van der Waals surface area contributed by atoms with E-state index in [9.17, 15) is 4.79 Å². The van der Waals surface area contributed by atoms with Crippen LogP contribution in [0, 0.1) is 11.8 Å². The zero-order valence-corrected chi connectivity index (χ0v) is 12.8. The number of carbonyl (C=O) groups excluding carboxylic acids is 1. The van der Waals surface area contributed by atoms with Gasteiger partial charge in [-0.3, -0.25) is 0 Å². The molecule has 3 aliphatic carbocycles. The van der Waals surface area contributed by atoms with Crippen LogP contribution in [0.1, 0.15) is 44.9 Å². The number of hydrogen-bond acceptors (Lipinski definition) is 3. The third kappa shape index (κ3) is 1.88. The summed E-state index contributed by atoms with van der Waals surface area (Å²) in [5.74, 6) is 1.77. The Morgan fingerprint density at radius 3 is 2.36 bits per heavy atom. The predicted molar refractivity (Wildman–Crippen MR) is 80.1 cm³/mol. The van der Waals surface area contributed by atoms with Gasteiger partial charge in [-0.15, -0.1) is 5.10 Å². The van der Waals surface area contributed by atoms with Crippen molar-refractivity contribution < 1.29 is 4.79 Å². The van der Waals surface area contributed by atoms with Crippen LogP contribution in [0.5, 0.6) is 0 Å². The van der Waals surface area contributed by atoms with E-state index in [2.05, 4.69) is 20.5 Å². The fraction of sp³-hybridized carbons (Fsp3) is 0.812. The number of carbonyl (C=O) groups is 1. The minimum absolute atomic E-state index is 0.0147. The topological polar surface area (TPSA) is 63.1 Å². The number of amides is 2. The zero-order valence-electron chi connectivity index (χ0n) is 12.8.